The number of hydrogen-bond donors (Lipinski definition) is 1. The third-order valence-corrected chi connectivity index (χ3v) is 4.01. The zero-order chi connectivity index (χ0) is 14.0. The molecule has 3 heteroatoms. The topological polar surface area (TPSA) is 46.5 Å². The zero-order valence-corrected chi connectivity index (χ0v) is 11.9. The minimum atomic E-state index is -0.861. The van der Waals surface area contributed by atoms with Crippen molar-refractivity contribution in [3.63, 3.8) is 0 Å². The van der Waals surface area contributed by atoms with Crippen LogP contribution in [0.15, 0.2) is 18.2 Å². The molecule has 0 radical (unpaired) electrons. The summed E-state index contributed by atoms with van der Waals surface area (Å²) in [5.74, 6) is 0.976. The highest BCUT2D eigenvalue weighted by molar-refractivity contribution is 5.98. The molecule has 1 aromatic carbocycles. The number of Topliss-reactive ketones (excluding diaryl/α,β-unsaturated/α-hetero) is 1. The van der Waals surface area contributed by atoms with E-state index in [9.17, 15) is 9.90 Å². The van der Waals surface area contributed by atoms with Crippen LogP contribution in [-0.2, 0) is 6.42 Å². The normalized spacial score (nSPS) is 18.1. The highest BCUT2D eigenvalue weighted by Crippen LogP contribution is 2.26. The number of benzene rings is 1. The number of hydrogen-bond acceptors (Lipinski definition) is 3. The Bertz CT molecular complexity index is 475. The molecular formula is C16H22O3. The largest absolute Gasteiger partial charge is 0.491 e. The number of aliphatic hydroxyl groups is 1. The van der Waals surface area contributed by atoms with Crippen LogP contribution in [0.25, 0.3) is 0 Å². The van der Waals surface area contributed by atoms with E-state index in [2.05, 4.69) is 0 Å². The molecule has 104 valence electrons. The van der Waals surface area contributed by atoms with Crippen LogP contribution in [0.1, 0.15) is 49.5 Å². The molecule has 0 saturated heterocycles. The summed E-state index contributed by atoms with van der Waals surface area (Å²) in [5, 5.41) is 10.2. The Morgan fingerprint density at radius 1 is 1.37 bits per heavy atom. The van der Waals surface area contributed by atoms with Crippen molar-refractivity contribution in [1.29, 1.82) is 0 Å². The van der Waals surface area contributed by atoms with Gasteiger partial charge in [-0.25, -0.2) is 0 Å². The molecular weight excluding hydrogens is 240 g/mol. The molecule has 0 fully saturated rings. The van der Waals surface area contributed by atoms with Crippen LogP contribution in [0.3, 0.4) is 0 Å². The smallest absolute Gasteiger partial charge is 0.163 e. The van der Waals surface area contributed by atoms with Crippen molar-refractivity contribution in [2.24, 2.45) is 5.92 Å². The molecule has 0 heterocycles. The maximum Gasteiger partial charge on any atom is 0.163 e. The van der Waals surface area contributed by atoms with Crippen molar-refractivity contribution in [2.75, 3.05) is 6.61 Å². The van der Waals surface area contributed by atoms with Crippen LogP contribution in [-0.4, -0.2) is 23.1 Å². The predicted molar refractivity (Wildman–Crippen MR) is 74.7 cm³/mol. The fourth-order valence-corrected chi connectivity index (χ4v) is 2.09. The third kappa shape index (κ3) is 3.16. The van der Waals surface area contributed by atoms with Gasteiger partial charge in [-0.05, 0) is 43.4 Å². The van der Waals surface area contributed by atoms with Gasteiger partial charge in [0, 0.05) is 12.0 Å². The highest BCUT2D eigenvalue weighted by Gasteiger charge is 2.26. The molecule has 0 spiro atoms. The second-order valence-corrected chi connectivity index (χ2v) is 5.90. The van der Waals surface area contributed by atoms with E-state index in [1.807, 2.05) is 32.0 Å². The summed E-state index contributed by atoms with van der Waals surface area (Å²) in [6.07, 6.45) is 2.53. The summed E-state index contributed by atoms with van der Waals surface area (Å²) in [7, 11) is 0. The molecule has 1 N–H and O–H groups in total. The van der Waals surface area contributed by atoms with Crippen LogP contribution < -0.4 is 4.74 Å². The molecule has 1 aliphatic rings. The van der Waals surface area contributed by atoms with E-state index in [0.29, 0.717) is 12.2 Å². The Hall–Kier alpha value is -1.35. The lowest BCUT2D eigenvalue weighted by molar-refractivity contribution is -0.0266. The SMILES string of the molecule is CC(C)C(C)(O)COc1ccc2c(c1)C(=O)CCC2. The van der Waals surface area contributed by atoms with Crippen molar-refractivity contribution < 1.29 is 14.6 Å². The fourth-order valence-electron chi connectivity index (χ4n) is 2.09. The van der Waals surface area contributed by atoms with E-state index in [-0.39, 0.29) is 18.3 Å². The minimum Gasteiger partial charge on any atom is -0.491 e. The van der Waals surface area contributed by atoms with Crippen LogP contribution in [0.5, 0.6) is 5.75 Å². The van der Waals surface area contributed by atoms with Crippen molar-refractivity contribution >= 4 is 5.78 Å². The van der Waals surface area contributed by atoms with Crippen LogP contribution >= 0.6 is 0 Å². The number of carbonyl (C=O) groups excluding carboxylic acids is 1. The molecule has 0 bridgehead atoms. The number of aryl methyl sites for hydroxylation is 1. The average Bonchev–Trinajstić information content (AvgIpc) is 2.37. The van der Waals surface area contributed by atoms with Gasteiger partial charge in [-0.3, -0.25) is 4.79 Å². The Morgan fingerprint density at radius 3 is 2.79 bits per heavy atom. The molecule has 0 aromatic heterocycles. The van der Waals surface area contributed by atoms with Gasteiger partial charge >= 0.3 is 0 Å². The van der Waals surface area contributed by atoms with E-state index in [0.717, 1.165) is 24.0 Å². The first-order valence-corrected chi connectivity index (χ1v) is 6.91. The first-order chi connectivity index (χ1) is 8.90. The molecule has 0 amide bonds. The van der Waals surface area contributed by atoms with Crippen molar-refractivity contribution in [1.82, 2.24) is 0 Å². The van der Waals surface area contributed by atoms with Crippen LogP contribution in [0.2, 0.25) is 0 Å². The summed E-state index contributed by atoms with van der Waals surface area (Å²) in [6.45, 7) is 5.92. The standard InChI is InChI=1S/C16H22O3/c1-11(2)16(3,18)10-19-13-8-7-12-5-4-6-15(17)14(12)9-13/h7-9,11,18H,4-6,10H2,1-3H3. The lowest BCUT2D eigenvalue weighted by Crippen LogP contribution is -2.37. The predicted octanol–water partition coefficient (Wildman–Crippen LogP) is 2.99. The average molecular weight is 262 g/mol. The van der Waals surface area contributed by atoms with E-state index >= 15 is 0 Å². The van der Waals surface area contributed by atoms with Gasteiger partial charge in [-0.15, -0.1) is 0 Å². The third-order valence-electron chi connectivity index (χ3n) is 4.01. The van der Waals surface area contributed by atoms with Gasteiger partial charge in [0.05, 0.1) is 5.60 Å². The van der Waals surface area contributed by atoms with Crippen molar-refractivity contribution in [3.05, 3.63) is 29.3 Å². The van der Waals surface area contributed by atoms with Gasteiger partial charge in [0.25, 0.3) is 0 Å². The number of carbonyl (C=O) groups is 1. The minimum absolute atomic E-state index is 0.117. The molecule has 2 rings (SSSR count). The number of ketones is 1. The Balaban J connectivity index is 2.10. The zero-order valence-electron chi connectivity index (χ0n) is 11.9. The summed E-state index contributed by atoms with van der Waals surface area (Å²) in [5.41, 5.74) is 1.03. The summed E-state index contributed by atoms with van der Waals surface area (Å²) in [6, 6.07) is 5.66. The molecule has 1 aromatic rings. The van der Waals surface area contributed by atoms with E-state index in [1.54, 1.807) is 6.92 Å². The molecule has 1 unspecified atom stereocenters. The number of rotatable bonds is 4. The van der Waals surface area contributed by atoms with Gasteiger partial charge in [-0.1, -0.05) is 19.9 Å². The molecule has 3 nitrogen and oxygen atoms in total. The van der Waals surface area contributed by atoms with Gasteiger partial charge in [0.2, 0.25) is 0 Å². The monoisotopic (exact) mass is 262 g/mol. The number of fused-ring (bicyclic) bond motifs is 1. The Morgan fingerprint density at radius 2 is 2.11 bits per heavy atom. The lowest BCUT2D eigenvalue weighted by atomic mass is 9.90. The molecule has 0 saturated carbocycles. The second-order valence-electron chi connectivity index (χ2n) is 5.90. The van der Waals surface area contributed by atoms with Gasteiger partial charge in [0.1, 0.15) is 12.4 Å². The molecule has 1 atom stereocenters. The fraction of sp³-hybridized carbons (Fsp3) is 0.562. The molecule has 0 aliphatic heterocycles. The van der Waals surface area contributed by atoms with E-state index in [4.69, 9.17) is 4.74 Å². The van der Waals surface area contributed by atoms with Gasteiger partial charge in [-0.2, -0.15) is 0 Å². The quantitative estimate of drug-likeness (QED) is 0.907. The van der Waals surface area contributed by atoms with Gasteiger partial charge in [0.15, 0.2) is 5.78 Å². The maximum atomic E-state index is 11.8. The molecule has 1 aliphatic carbocycles. The van der Waals surface area contributed by atoms with Crippen LogP contribution in [0.4, 0.5) is 0 Å². The second kappa shape index (κ2) is 5.33. The summed E-state index contributed by atoms with van der Waals surface area (Å²) >= 11 is 0. The molecule has 19 heavy (non-hydrogen) atoms. The Kier molecular flexibility index (Phi) is 3.95. The first-order valence-electron chi connectivity index (χ1n) is 6.91. The van der Waals surface area contributed by atoms with E-state index < -0.39 is 5.60 Å². The lowest BCUT2D eigenvalue weighted by Gasteiger charge is -2.27. The number of ether oxygens (including phenoxy) is 1. The van der Waals surface area contributed by atoms with E-state index in [1.165, 1.54) is 0 Å². The summed E-state index contributed by atoms with van der Waals surface area (Å²) in [4.78, 5) is 11.8. The van der Waals surface area contributed by atoms with Crippen LogP contribution in [0, 0.1) is 5.92 Å². The van der Waals surface area contributed by atoms with Crippen molar-refractivity contribution in [3.8, 4) is 5.75 Å². The van der Waals surface area contributed by atoms with Crippen molar-refractivity contribution in [2.45, 2.75) is 45.6 Å². The Labute approximate surface area is 114 Å². The summed E-state index contributed by atoms with van der Waals surface area (Å²) < 4.78 is 5.64. The highest BCUT2D eigenvalue weighted by atomic mass is 16.5. The first kappa shape index (κ1) is 14.1. The maximum absolute atomic E-state index is 11.8. The van der Waals surface area contributed by atoms with Gasteiger partial charge < -0.3 is 9.84 Å².